The van der Waals surface area contributed by atoms with E-state index in [1.165, 1.54) is 199 Å². The number of allylic oxidation sites excluding steroid dienone is 11. The molecule has 1 amide bonds. The van der Waals surface area contributed by atoms with Gasteiger partial charge in [0.1, 0.15) is 13.2 Å². The van der Waals surface area contributed by atoms with Gasteiger partial charge in [0.05, 0.1) is 39.9 Å². The first kappa shape index (κ1) is 72.9. The predicted molar refractivity (Wildman–Crippen MR) is 325 cm³/mol. The first-order valence-corrected chi connectivity index (χ1v) is 33.3. The average molecular weight is 1070 g/mol. The van der Waals surface area contributed by atoms with Crippen LogP contribution in [-0.2, 0) is 18.4 Å². The van der Waals surface area contributed by atoms with Crippen LogP contribution < -0.4 is 10.2 Å². The number of amides is 1. The molecule has 0 spiro atoms. The Morgan fingerprint density at radius 2 is 0.813 bits per heavy atom. The SMILES string of the molecule is CC/C=C\C/C=C\C/C=C\C/C=C\C/C=C\CCCCCCCCCCCCCCCC(=O)NC(COP(=O)([O-])OCC[N+](C)(C)C)C(O)/C=C/CCCCCCCCCCCCCCCCCCCCCCCC. The van der Waals surface area contributed by atoms with E-state index in [-0.39, 0.29) is 19.1 Å². The largest absolute Gasteiger partial charge is 0.756 e. The van der Waals surface area contributed by atoms with Crippen molar-refractivity contribution < 1.29 is 32.9 Å². The molecule has 0 aliphatic heterocycles. The van der Waals surface area contributed by atoms with Crippen LogP contribution >= 0.6 is 7.82 Å². The number of aliphatic hydroxyl groups excluding tert-OH is 1. The summed E-state index contributed by atoms with van der Waals surface area (Å²) >= 11 is 0. The van der Waals surface area contributed by atoms with Crippen molar-refractivity contribution >= 4 is 13.7 Å². The molecule has 0 aromatic rings. The van der Waals surface area contributed by atoms with E-state index in [2.05, 4.69) is 79.9 Å². The fraction of sp³-hybridized carbons (Fsp3) is 0.803. The van der Waals surface area contributed by atoms with Gasteiger partial charge in [0.15, 0.2) is 0 Å². The number of carbonyl (C=O) groups is 1. The van der Waals surface area contributed by atoms with Crippen LogP contribution in [-0.4, -0.2) is 68.5 Å². The highest BCUT2D eigenvalue weighted by Gasteiger charge is 2.23. The first-order valence-electron chi connectivity index (χ1n) is 31.8. The summed E-state index contributed by atoms with van der Waals surface area (Å²) < 4.78 is 23.4. The molecular formula is C66H123N2O6P. The van der Waals surface area contributed by atoms with Crippen LogP contribution in [0.4, 0.5) is 0 Å². The summed E-state index contributed by atoms with van der Waals surface area (Å²) in [4.78, 5) is 25.6. The van der Waals surface area contributed by atoms with Gasteiger partial charge in [-0.1, -0.05) is 292 Å². The van der Waals surface area contributed by atoms with Crippen molar-refractivity contribution in [3.8, 4) is 0 Å². The normalized spacial score (nSPS) is 14.3. The van der Waals surface area contributed by atoms with E-state index in [0.29, 0.717) is 17.4 Å². The third kappa shape index (κ3) is 59.4. The van der Waals surface area contributed by atoms with Crippen LogP contribution in [0.25, 0.3) is 0 Å². The monoisotopic (exact) mass is 1070 g/mol. The zero-order valence-corrected chi connectivity index (χ0v) is 50.9. The summed E-state index contributed by atoms with van der Waals surface area (Å²) in [6.07, 6.45) is 78.5. The molecule has 0 saturated heterocycles. The molecule has 0 rings (SSSR count). The summed E-state index contributed by atoms with van der Waals surface area (Å²) in [7, 11) is 1.26. The molecule has 75 heavy (non-hydrogen) atoms. The van der Waals surface area contributed by atoms with Gasteiger partial charge < -0.3 is 28.8 Å². The van der Waals surface area contributed by atoms with Gasteiger partial charge in [0, 0.05) is 6.42 Å². The van der Waals surface area contributed by atoms with Gasteiger partial charge in [-0.3, -0.25) is 9.36 Å². The molecule has 0 saturated carbocycles. The van der Waals surface area contributed by atoms with Gasteiger partial charge >= 0.3 is 0 Å². The fourth-order valence-electron chi connectivity index (χ4n) is 9.24. The molecule has 0 aromatic heterocycles. The van der Waals surface area contributed by atoms with E-state index in [1.54, 1.807) is 6.08 Å². The first-order chi connectivity index (χ1) is 36.5. The number of nitrogens with one attached hydrogen (secondary N) is 1. The second-order valence-corrected chi connectivity index (χ2v) is 24.1. The zero-order chi connectivity index (χ0) is 54.9. The van der Waals surface area contributed by atoms with Crippen LogP contribution in [0.2, 0.25) is 0 Å². The molecular weight excluding hydrogens is 948 g/mol. The van der Waals surface area contributed by atoms with Gasteiger partial charge in [-0.25, -0.2) is 0 Å². The molecule has 0 aromatic carbocycles. The maximum atomic E-state index is 13.0. The molecule has 3 atom stereocenters. The van der Waals surface area contributed by atoms with Crippen LogP contribution in [0.3, 0.4) is 0 Å². The van der Waals surface area contributed by atoms with Gasteiger partial charge in [0.25, 0.3) is 7.82 Å². The number of carbonyl (C=O) groups excluding carboxylic acids is 1. The van der Waals surface area contributed by atoms with Crippen molar-refractivity contribution in [2.24, 2.45) is 0 Å². The number of rotatable bonds is 58. The number of hydrogen-bond acceptors (Lipinski definition) is 6. The van der Waals surface area contributed by atoms with Gasteiger partial charge in [-0.2, -0.15) is 0 Å². The van der Waals surface area contributed by atoms with Crippen LogP contribution in [0, 0.1) is 0 Å². The van der Waals surface area contributed by atoms with Crippen molar-refractivity contribution in [1.29, 1.82) is 0 Å². The minimum absolute atomic E-state index is 0.00277. The van der Waals surface area contributed by atoms with Crippen molar-refractivity contribution in [3.05, 3.63) is 72.9 Å². The molecule has 438 valence electrons. The van der Waals surface area contributed by atoms with Crippen molar-refractivity contribution in [2.45, 2.75) is 302 Å². The molecule has 2 N–H and O–H groups in total. The summed E-state index contributed by atoms with van der Waals surface area (Å²) in [5, 5.41) is 13.9. The number of phosphoric ester groups is 1. The number of unbranched alkanes of at least 4 members (excludes halogenated alkanes) is 35. The Hall–Kier alpha value is -2.06. The second-order valence-electron chi connectivity index (χ2n) is 22.7. The Morgan fingerprint density at radius 1 is 0.480 bits per heavy atom. The lowest BCUT2D eigenvalue weighted by Crippen LogP contribution is -2.45. The van der Waals surface area contributed by atoms with E-state index >= 15 is 0 Å². The Labute approximate surface area is 465 Å². The quantitative estimate of drug-likeness (QED) is 0.0272. The lowest BCUT2D eigenvalue weighted by Gasteiger charge is -2.29. The Bertz CT molecular complexity index is 1450. The Balaban J connectivity index is 4.15. The lowest BCUT2D eigenvalue weighted by molar-refractivity contribution is -0.870. The number of likely N-dealkylation sites (N-methyl/N-ethyl adjacent to an activating group) is 1. The summed E-state index contributed by atoms with van der Waals surface area (Å²) in [6.45, 7) is 4.57. The van der Waals surface area contributed by atoms with E-state index in [1.807, 2.05) is 27.2 Å². The zero-order valence-electron chi connectivity index (χ0n) is 50.0. The maximum Gasteiger partial charge on any atom is 0.268 e. The highest BCUT2D eigenvalue weighted by molar-refractivity contribution is 7.45. The van der Waals surface area contributed by atoms with Crippen molar-refractivity contribution in [2.75, 3.05) is 40.9 Å². The Morgan fingerprint density at radius 3 is 1.19 bits per heavy atom. The molecule has 0 heterocycles. The van der Waals surface area contributed by atoms with E-state index < -0.39 is 20.0 Å². The molecule has 0 radical (unpaired) electrons. The number of hydrogen-bond donors (Lipinski definition) is 2. The standard InChI is InChI=1S/C66H123N2O6P/c1-6-8-10-12-14-16-18-20-22-24-26-28-30-32-33-34-35-36-38-40-42-44-46-48-50-52-54-56-58-60-66(70)67-64(63-74-75(71,72)73-62-61-68(3,4)5)65(69)59-57-55-53-51-49-47-45-43-41-39-37-31-29-27-25-23-21-19-17-15-13-11-9-7-2/h8,10,14,16,20,22,26,28,32-33,57,59,64-65,69H,6-7,9,11-13,15,17-19,21,23-25,27,29-31,34-56,58,60-63H2,1-5H3,(H-,67,70,71,72)/b10-8-,16-14-,22-20-,28-26-,33-32-,59-57+. The van der Waals surface area contributed by atoms with Crippen molar-refractivity contribution in [3.63, 3.8) is 0 Å². The third-order valence-corrected chi connectivity index (χ3v) is 15.1. The minimum Gasteiger partial charge on any atom is -0.756 e. The fourth-order valence-corrected chi connectivity index (χ4v) is 9.96. The summed E-state index contributed by atoms with van der Waals surface area (Å²) in [5.41, 5.74) is 0. The van der Waals surface area contributed by atoms with E-state index in [0.717, 1.165) is 70.6 Å². The lowest BCUT2D eigenvalue weighted by atomic mass is 10.0. The van der Waals surface area contributed by atoms with Gasteiger partial charge in [0.2, 0.25) is 5.91 Å². The van der Waals surface area contributed by atoms with E-state index in [4.69, 9.17) is 9.05 Å². The third-order valence-electron chi connectivity index (χ3n) is 14.2. The van der Waals surface area contributed by atoms with E-state index in [9.17, 15) is 19.4 Å². The van der Waals surface area contributed by atoms with Crippen molar-refractivity contribution in [1.82, 2.24) is 5.32 Å². The molecule has 8 nitrogen and oxygen atoms in total. The summed E-state index contributed by atoms with van der Waals surface area (Å²) in [6, 6.07) is -0.892. The number of aliphatic hydroxyl groups is 1. The molecule has 9 heteroatoms. The topological polar surface area (TPSA) is 108 Å². The molecule has 0 aliphatic rings. The molecule has 3 unspecified atom stereocenters. The molecule has 0 fully saturated rings. The minimum atomic E-state index is -4.60. The number of nitrogens with zero attached hydrogens (tertiary/aromatic N) is 1. The van der Waals surface area contributed by atoms with Gasteiger partial charge in [-0.05, 0) is 64.2 Å². The molecule has 0 bridgehead atoms. The highest BCUT2D eigenvalue weighted by atomic mass is 31.2. The maximum absolute atomic E-state index is 13.0. The number of quaternary nitrogens is 1. The second kappa shape index (κ2) is 56.7. The smallest absolute Gasteiger partial charge is 0.268 e. The van der Waals surface area contributed by atoms with Crippen LogP contribution in [0.15, 0.2) is 72.9 Å². The Kier molecular flexibility index (Phi) is 55.1. The highest BCUT2D eigenvalue weighted by Crippen LogP contribution is 2.38. The average Bonchev–Trinajstić information content (AvgIpc) is 3.37. The van der Waals surface area contributed by atoms with Crippen LogP contribution in [0.1, 0.15) is 290 Å². The molecule has 0 aliphatic carbocycles. The van der Waals surface area contributed by atoms with Crippen LogP contribution in [0.5, 0.6) is 0 Å². The van der Waals surface area contributed by atoms with Gasteiger partial charge in [-0.15, -0.1) is 0 Å². The number of phosphoric acid groups is 1. The summed E-state index contributed by atoms with van der Waals surface area (Å²) in [5.74, 6) is -0.198. The predicted octanol–water partition coefficient (Wildman–Crippen LogP) is 19.2.